The number of nitrogens with one attached hydrogen (secondary N) is 1. The van der Waals surface area contributed by atoms with Crippen LogP contribution in [0.1, 0.15) is 51.2 Å². The summed E-state index contributed by atoms with van der Waals surface area (Å²) in [7, 11) is 0. The molecule has 0 radical (unpaired) electrons. The molecule has 32 heavy (non-hydrogen) atoms. The summed E-state index contributed by atoms with van der Waals surface area (Å²) in [4.78, 5) is 35.5. The number of benzene rings is 2. The van der Waals surface area contributed by atoms with E-state index in [9.17, 15) is 24.6 Å². The standard InChI is InChI=1S/C26H33NO5/c1-17-9-7-12-19(15-17)21-14-6-5-10-18(21)11-8-13-20(16-22(28)29)24(30)27-23(25(31)32)26(2,3)4/h5-7,9-10,12,14-15,20,23H,8,11,13,16H2,1-4H3,(H,27,30)(H,28,29)(H,31,32)/p-1. The molecular formula is C26H32NO5-. The molecule has 2 rings (SSSR count). The van der Waals surface area contributed by atoms with E-state index in [1.165, 1.54) is 0 Å². The quantitative estimate of drug-likeness (QED) is 0.592. The van der Waals surface area contributed by atoms with Gasteiger partial charge in [-0.2, -0.15) is 0 Å². The highest BCUT2D eigenvalue weighted by molar-refractivity contribution is 5.87. The number of amides is 1. The molecule has 0 spiro atoms. The predicted molar refractivity (Wildman–Crippen MR) is 122 cm³/mol. The molecule has 2 atom stereocenters. The summed E-state index contributed by atoms with van der Waals surface area (Å²) in [5.74, 6) is -3.89. The smallest absolute Gasteiger partial charge is 0.326 e. The van der Waals surface area contributed by atoms with Crippen molar-refractivity contribution in [1.29, 1.82) is 0 Å². The topological polar surface area (TPSA) is 107 Å². The van der Waals surface area contributed by atoms with Crippen molar-refractivity contribution < 1.29 is 24.6 Å². The SMILES string of the molecule is Cc1cccc(-c2ccccc2CCCC(CC(=O)[O-])C(=O)NC(C(=O)O)C(C)(C)C)c1. The molecule has 2 N–H and O–H groups in total. The van der Waals surface area contributed by atoms with Gasteiger partial charge in [-0.25, -0.2) is 4.79 Å². The number of hydrogen-bond donors (Lipinski definition) is 2. The van der Waals surface area contributed by atoms with E-state index in [0.29, 0.717) is 19.3 Å². The second-order valence-corrected chi connectivity index (χ2v) is 9.34. The van der Waals surface area contributed by atoms with Crippen molar-refractivity contribution >= 4 is 17.8 Å². The largest absolute Gasteiger partial charge is 0.550 e. The van der Waals surface area contributed by atoms with Gasteiger partial charge in [-0.3, -0.25) is 4.79 Å². The molecular weight excluding hydrogens is 406 g/mol. The molecule has 0 heterocycles. The molecule has 2 aromatic carbocycles. The summed E-state index contributed by atoms with van der Waals surface area (Å²) >= 11 is 0. The van der Waals surface area contributed by atoms with E-state index in [2.05, 4.69) is 23.5 Å². The maximum Gasteiger partial charge on any atom is 0.326 e. The first kappa shape index (κ1) is 25.1. The van der Waals surface area contributed by atoms with Crippen LogP contribution in [0.15, 0.2) is 48.5 Å². The first-order valence-electron chi connectivity index (χ1n) is 10.9. The normalized spacial score (nSPS) is 13.2. The summed E-state index contributed by atoms with van der Waals surface area (Å²) in [6, 6.07) is 15.1. The molecule has 1 amide bonds. The molecule has 2 unspecified atom stereocenters. The number of carboxylic acid groups (broad SMARTS) is 2. The Morgan fingerprint density at radius 1 is 1.06 bits per heavy atom. The molecule has 0 saturated carbocycles. The maximum absolute atomic E-state index is 12.7. The second kappa shape index (κ2) is 10.9. The Morgan fingerprint density at radius 2 is 1.75 bits per heavy atom. The highest BCUT2D eigenvalue weighted by atomic mass is 16.4. The van der Waals surface area contributed by atoms with E-state index in [0.717, 1.165) is 22.3 Å². The lowest BCUT2D eigenvalue weighted by Gasteiger charge is -2.29. The van der Waals surface area contributed by atoms with Crippen LogP contribution < -0.4 is 10.4 Å². The fourth-order valence-corrected chi connectivity index (χ4v) is 3.81. The summed E-state index contributed by atoms with van der Waals surface area (Å²) in [5, 5.41) is 23.2. The predicted octanol–water partition coefficient (Wildman–Crippen LogP) is 3.36. The number of carbonyl (C=O) groups is 3. The molecule has 0 bridgehead atoms. The lowest BCUT2D eigenvalue weighted by molar-refractivity contribution is -0.306. The van der Waals surface area contributed by atoms with Crippen molar-refractivity contribution in [3.05, 3.63) is 59.7 Å². The van der Waals surface area contributed by atoms with E-state index in [4.69, 9.17) is 0 Å². The van der Waals surface area contributed by atoms with Crippen LogP contribution >= 0.6 is 0 Å². The van der Waals surface area contributed by atoms with Gasteiger partial charge in [0.2, 0.25) is 5.91 Å². The molecule has 2 aromatic rings. The monoisotopic (exact) mass is 438 g/mol. The van der Waals surface area contributed by atoms with Crippen LogP contribution in [0, 0.1) is 18.3 Å². The minimum atomic E-state index is -1.33. The van der Waals surface area contributed by atoms with Crippen LogP contribution in [-0.2, 0) is 20.8 Å². The minimum absolute atomic E-state index is 0.318. The Balaban J connectivity index is 2.11. The number of hydrogen-bond acceptors (Lipinski definition) is 4. The summed E-state index contributed by atoms with van der Waals surface area (Å²) in [6.07, 6.45) is 1.13. The van der Waals surface area contributed by atoms with Gasteiger partial charge in [-0.1, -0.05) is 74.9 Å². The molecule has 0 fully saturated rings. The summed E-state index contributed by atoms with van der Waals surface area (Å²) in [5.41, 5.74) is 3.79. The van der Waals surface area contributed by atoms with Gasteiger partial charge in [0.25, 0.3) is 0 Å². The van der Waals surface area contributed by atoms with Crippen LogP contribution in [0.5, 0.6) is 0 Å². The van der Waals surface area contributed by atoms with Crippen molar-refractivity contribution in [3.8, 4) is 11.1 Å². The van der Waals surface area contributed by atoms with E-state index < -0.39 is 41.6 Å². The van der Waals surface area contributed by atoms with E-state index >= 15 is 0 Å². The fourth-order valence-electron chi connectivity index (χ4n) is 3.81. The average Bonchev–Trinajstić information content (AvgIpc) is 2.70. The number of aliphatic carboxylic acids is 2. The van der Waals surface area contributed by atoms with Gasteiger partial charge in [0.05, 0.1) is 0 Å². The average molecular weight is 439 g/mol. The van der Waals surface area contributed by atoms with Gasteiger partial charge in [0, 0.05) is 11.9 Å². The molecule has 0 aliphatic rings. The van der Waals surface area contributed by atoms with Gasteiger partial charge in [-0.15, -0.1) is 0 Å². The maximum atomic E-state index is 12.7. The number of aryl methyl sites for hydroxylation is 2. The third-order valence-corrected chi connectivity index (χ3v) is 5.53. The molecule has 6 heteroatoms. The Hall–Kier alpha value is -3.15. The Labute approximate surface area is 189 Å². The van der Waals surface area contributed by atoms with E-state index in [-0.39, 0.29) is 0 Å². The van der Waals surface area contributed by atoms with Gasteiger partial charge >= 0.3 is 5.97 Å². The summed E-state index contributed by atoms with van der Waals surface area (Å²) in [6.45, 7) is 7.17. The minimum Gasteiger partial charge on any atom is -0.550 e. The van der Waals surface area contributed by atoms with Gasteiger partial charge in [-0.05, 0) is 54.7 Å². The van der Waals surface area contributed by atoms with Crippen LogP contribution in [0.2, 0.25) is 0 Å². The van der Waals surface area contributed by atoms with Crippen LogP contribution in [0.25, 0.3) is 11.1 Å². The highest BCUT2D eigenvalue weighted by Gasteiger charge is 2.34. The molecule has 0 aliphatic carbocycles. The van der Waals surface area contributed by atoms with Crippen molar-refractivity contribution in [2.24, 2.45) is 11.3 Å². The first-order chi connectivity index (χ1) is 15.0. The third-order valence-electron chi connectivity index (χ3n) is 5.53. The molecule has 0 saturated heterocycles. The van der Waals surface area contributed by atoms with E-state index in [1.54, 1.807) is 20.8 Å². The van der Waals surface area contributed by atoms with Crippen molar-refractivity contribution in [3.63, 3.8) is 0 Å². The second-order valence-electron chi connectivity index (χ2n) is 9.34. The lowest BCUT2D eigenvalue weighted by atomic mass is 9.86. The zero-order chi connectivity index (χ0) is 23.9. The summed E-state index contributed by atoms with van der Waals surface area (Å²) < 4.78 is 0. The molecule has 0 aromatic heterocycles. The highest BCUT2D eigenvalue weighted by Crippen LogP contribution is 2.27. The van der Waals surface area contributed by atoms with E-state index in [1.807, 2.05) is 37.3 Å². The van der Waals surface area contributed by atoms with Gasteiger partial charge in [0.15, 0.2) is 0 Å². The molecule has 172 valence electrons. The van der Waals surface area contributed by atoms with Crippen LogP contribution in [0.3, 0.4) is 0 Å². The van der Waals surface area contributed by atoms with Crippen molar-refractivity contribution in [1.82, 2.24) is 5.32 Å². The van der Waals surface area contributed by atoms with Gasteiger partial charge < -0.3 is 20.3 Å². The molecule has 6 nitrogen and oxygen atoms in total. The fraction of sp³-hybridized carbons (Fsp3) is 0.423. The Kier molecular flexibility index (Phi) is 8.58. The van der Waals surface area contributed by atoms with Crippen LogP contribution in [0.4, 0.5) is 0 Å². The third kappa shape index (κ3) is 7.22. The first-order valence-corrected chi connectivity index (χ1v) is 10.9. The zero-order valence-corrected chi connectivity index (χ0v) is 19.2. The number of rotatable bonds is 10. The van der Waals surface area contributed by atoms with Crippen molar-refractivity contribution in [2.75, 3.05) is 0 Å². The number of carboxylic acids is 2. The van der Waals surface area contributed by atoms with Gasteiger partial charge in [0.1, 0.15) is 6.04 Å². The lowest BCUT2D eigenvalue weighted by Crippen LogP contribution is -2.51. The Bertz CT molecular complexity index is 961. The Morgan fingerprint density at radius 3 is 2.34 bits per heavy atom. The van der Waals surface area contributed by atoms with Crippen molar-refractivity contribution in [2.45, 2.75) is 59.4 Å². The van der Waals surface area contributed by atoms with Crippen LogP contribution in [-0.4, -0.2) is 29.0 Å². The zero-order valence-electron chi connectivity index (χ0n) is 19.2. The number of carbonyl (C=O) groups excluding carboxylic acids is 2. The molecule has 0 aliphatic heterocycles.